The number of ether oxygens (including phenoxy) is 4. The number of hydrogen-bond donors (Lipinski definition) is 1. The molecule has 33 heavy (non-hydrogen) atoms. The molecule has 4 rings (SSSR count). The lowest BCUT2D eigenvalue weighted by Gasteiger charge is -2.40. The number of nitrogens with one attached hydrogen (secondary N) is 1. The van der Waals surface area contributed by atoms with Gasteiger partial charge in [-0.3, -0.25) is 0 Å². The molecule has 0 unspecified atom stereocenters. The molecule has 6 nitrogen and oxygen atoms in total. The Hall–Kier alpha value is -3.45. The Kier molecular flexibility index (Phi) is 6.89. The summed E-state index contributed by atoms with van der Waals surface area (Å²) >= 11 is 5.88. The van der Waals surface area contributed by atoms with E-state index in [4.69, 9.17) is 31.2 Å². The van der Waals surface area contributed by atoms with Crippen molar-refractivity contribution in [3.05, 3.63) is 77.4 Å². The third-order valence-corrected chi connectivity index (χ3v) is 6.22. The molecule has 1 heterocycles. The van der Waals surface area contributed by atoms with Crippen molar-refractivity contribution in [1.82, 2.24) is 4.90 Å². The number of nitrogens with zero attached hydrogens (tertiary/aromatic N) is 1. The van der Waals surface area contributed by atoms with E-state index in [9.17, 15) is 0 Å². The summed E-state index contributed by atoms with van der Waals surface area (Å²) in [5.41, 5.74) is 4.30. The highest BCUT2D eigenvalue weighted by atomic mass is 32.1. The summed E-state index contributed by atoms with van der Waals surface area (Å²) in [5, 5.41) is 4.04. The van der Waals surface area contributed by atoms with Gasteiger partial charge in [0.05, 0.1) is 34.5 Å². The van der Waals surface area contributed by atoms with Crippen LogP contribution < -0.4 is 24.3 Å². The van der Waals surface area contributed by atoms with E-state index < -0.39 is 0 Å². The highest BCUT2D eigenvalue weighted by molar-refractivity contribution is 7.80. The topological polar surface area (TPSA) is 52.2 Å². The van der Waals surface area contributed by atoms with Gasteiger partial charge in [-0.1, -0.05) is 24.3 Å². The predicted molar refractivity (Wildman–Crippen MR) is 134 cm³/mol. The molecule has 0 fully saturated rings. The standard InChI is InChI=1S/C26H28N2O4S/c1-29-21-11-10-18(15-22(21)30-2)25-20-16-24(32-4)23(31-3)14-17(20)12-13-28(25)26(33)27-19-8-6-5-7-9-19/h5-11,14-16,25H,12-13H2,1-4H3,(H,27,33)/t25-/m0/s1. The Morgan fingerprint density at radius 1 is 0.818 bits per heavy atom. The molecule has 1 N–H and O–H groups in total. The molecule has 0 amide bonds. The molecular formula is C26H28N2O4S. The summed E-state index contributed by atoms with van der Waals surface area (Å²) in [7, 11) is 6.58. The van der Waals surface area contributed by atoms with Crippen LogP contribution in [0.5, 0.6) is 23.0 Å². The minimum absolute atomic E-state index is 0.142. The first-order valence-corrected chi connectivity index (χ1v) is 11.1. The molecule has 172 valence electrons. The van der Waals surface area contributed by atoms with Crippen LogP contribution in [0.1, 0.15) is 22.7 Å². The first kappa shape index (κ1) is 22.7. The average Bonchev–Trinajstić information content (AvgIpc) is 2.87. The third-order valence-electron chi connectivity index (χ3n) is 5.88. The van der Waals surface area contributed by atoms with Crippen LogP contribution in [0.2, 0.25) is 0 Å². The van der Waals surface area contributed by atoms with Crippen molar-refractivity contribution in [1.29, 1.82) is 0 Å². The Balaban J connectivity index is 1.81. The van der Waals surface area contributed by atoms with Crippen LogP contribution in [0.3, 0.4) is 0 Å². The molecular weight excluding hydrogens is 436 g/mol. The van der Waals surface area contributed by atoms with Gasteiger partial charge in [-0.15, -0.1) is 0 Å². The molecule has 7 heteroatoms. The Morgan fingerprint density at radius 2 is 1.45 bits per heavy atom. The summed E-state index contributed by atoms with van der Waals surface area (Å²) in [6.45, 7) is 0.750. The molecule has 0 bridgehead atoms. The minimum Gasteiger partial charge on any atom is -0.493 e. The lowest BCUT2D eigenvalue weighted by atomic mass is 9.87. The fraction of sp³-hybridized carbons (Fsp3) is 0.269. The van der Waals surface area contributed by atoms with E-state index in [1.54, 1.807) is 28.4 Å². The largest absolute Gasteiger partial charge is 0.493 e. The zero-order valence-corrected chi connectivity index (χ0v) is 20.1. The summed E-state index contributed by atoms with van der Waals surface area (Å²) in [5.74, 6) is 2.76. The van der Waals surface area contributed by atoms with E-state index in [0.717, 1.165) is 35.5 Å². The highest BCUT2D eigenvalue weighted by Gasteiger charge is 2.32. The maximum Gasteiger partial charge on any atom is 0.174 e. The summed E-state index contributed by atoms with van der Waals surface area (Å²) in [6.07, 6.45) is 0.829. The lowest BCUT2D eigenvalue weighted by molar-refractivity contribution is 0.327. The van der Waals surface area contributed by atoms with E-state index in [1.165, 1.54) is 5.56 Å². The predicted octanol–water partition coefficient (Wildman–Crippen LogP) is 5.07. The molecule has 3 aromatic carbocycles. The Morgan fingerprint density at radius 3 is 2.12 bits per heavy atom. The second-order valence-corrected chi connectivity index (χ2v) is 8.05. The molecule has 0 saturated heterocycles. The third kappa shape index (κ3) is 4.54. The van der Waals surface area contributed by atoms with Gasteiger partial charge in [0.25, 0.3) is 0 Å². The highest BCUT2D eigenvalue weighted by Crippen LogP contribution is 2.43. The Bertz CT molecular complexity index is 1140. The summed E-state index contributed by atoms with van der Waals surface area (Å²) < 4.78 is 22.2. The lowest BCUT2D eigenvalue weighted by Crippen LogP contribution is -2.42. The van der Waals surface area contributed by atoms with Crippen LogP contribution in [0.15, 0.2) is 60.7 Å². The van der Waals surface area contributed by atoms with Gasteiger partial charge in [-0.2, -0.15) is 0 Å². The smallest absolute Gasteiger partial charge is 0.174 e. The van der Waals surface area contributed by atoms with Gasteiger partial charge in [-0.25, -0.2) is 0 Å². The molecule has 1 aliphatic heterocycles. The van der Waals surface area contributed by atoms with Crippen molar-refractivity contribution in [2.75, 3.05) is 40.3 Å². The van der Waals surface area contributed by atoms with Gasteiger partial charge in [-0.05, 0) is 71.7 Å². The fourth-order valence-electron chi connectivity index (χ4n) is 4.26. The van der Waals surface area contributed by atoms with Gasteiger partial charge in [0.1, 0.15) is 0 Å². The molecule has 0 aliphatic carbocycles. The second kappa shape index (κ2) is 10.0. The molecule has 0 saturated carbocycles. The fourth-order valence-corrected chi connectivity index (χ4v) is 4.58. The monoisotopic (exact) mass is 464 g/mol. The van der Waals surface area contributed by atoms with Gasteiger partial charge in [0.2, 0.25) is 0 Å². The average molecular weight is 465 g/mol. The number of anilines is 1. The van der Waals surface area contributed by atoms with Crippen LogP contribution in [0.25, 0.3) is 0 Å². The number of thiocarbonyl (C=S) groups is 1. The SMILES string of the molecule is COc1ccc([C@H]2c3cc(OC)c(OC)cc3CCN2C(=S)Nc2ccccc2)cc1OC. The zero-order valence-electron chi connectivity index (χ0n) is 19.3. The molecule has 1 aliphatic rings. The zero-order chi connectivity index (χ0) is 23.4. The molecule has 0 spiro atoms. The molecule has 3 aromatic rings. The number of benzene rings is 3. The van der Waals surface area contributed by atoms with Gasteiger partial charge < -0.3 is 29.2 Å². The first-order valence-electron chi connectivity index (χ1n) is 10.7. The maximum atomic E-state index is 5.88. The van der Waals surface area contributed by atoms with E-state index in [1.807, 2.05) is 48.5 Å². The van der Waals surface area contributed by atoms with Gasteiger partial charge >= 0.3 is 0 Å². The number of rotatable bonds is 6. The van der Waals surface area contributed by atoms with E-state index >= 15 is 0 Å². The van der Waals surface area contributed by atoms with Crippen molar-refractivity contribution in [3.8, 4) is 23.0 Å². The maximum absolute atomic E-state index is 5.88. The van der Waals surface area contributed by atoms with Crippen molar-refractivity contribution in [2.45, 2.75) is 12.5 Å². The van der Waals surface area contributed by atoms with Crippen LogP contribution in [0, 0.1) is 0 Å². The number of fused-ring (bicyclic) bond motifs is 1. The van der Waals surface area contributed by atoms with Crippen LogP contribution in [-0.4, -0.2) is 45.0 Å². The van der Waals surface area contributed by atoms with E-state index in [2.05, 4.69) is 22.3 Å². The van der Waals surface area contributed by atoms with Crippen LogP contribution in [-0.2, 0) is 6.42 Å². The second-order valence-electron chi connectivity index (χ2n) is 7.66. The number of para-hydroxylation sites is 1. The van der Waals surface area contributed by atoms with E-state index in [-0.39, 0.29) is 6.04 Å². The van der Waals surface area contributed by atoms with Crippen LogP contribution >= 0.6 is 12.2 Å². The summed E-state index contributed by atoms with van der Waals surface area (Å²) in [6, 6.07) is 19.9. The van der Waals surface area contributed by atoms with Gasteiger partial charge in [0.15, 0.2) is 28.1 Å². The van der Waals surface area contributed by atoms with Crippen molar-refractivity contribution in [2.24, 2.45) is 0 Å². The summed E-state index contributed by atoms with van der Waals surface area (Å²) in [4.78, 5) is 2.21. The number of methoxy groups -OCH3 is 4. The van der Waals surface area contributed by atoms with Crippen molar-refractivity contribution < 1.29 is 18.9 Å². The quantitative estimate of drug-likeness (QED) is 0.512. The first-order chi connectivity index (χ1) is 16.1. The minimum atomic E-state index is -0.142. The molecule has 0 aromatic heterocycles. The van der Waals surface area contributed by atoms with Crippen molar-refractivity contribution >= 4 is 23.0 Å². The normalized spacial score (nSPS) is 14.8. The Labute approximate surface area is 200 Å². The van der Waals surface area contributed by atoms with E-state index in [0.29, 0.717) is 22.4 Å². The molecule has 1 atom stereocenters. The number of hydrogen-bond acceptors (Lipinski definition) is 5. The van der Waals surface area contributed by atoms with Crippen LogP contribution in [0.4, 0.5) is 5.69 Å². The van der Waals surface area contributed by atoms with Crippen molar-refractivity contribution in [3.63, 3.8) is 0 Å². The van der Waals surface area contributed by atoms with Gasteiger partial charge in [0, 0.05) is 12.2 Å². The molecule has 0 radical (unpaired) electrons.